The fourth-order valence-electron chi connectivity index (χ4n) is 3.37. The van der Waals surface area contributed by atoms with Crippen LogP contribution in [0.2, 0.25) is 0 Å². The van der Waals surface area contributed by atoms with Gasteiger partial charge in [0.25, 0.3) is 5.56 Å². The molecule has 3 aromatic heterocycles. The second-order valence-corrected chi connectivity index (χ2v) is 6.74. The molecule has 0 aliphatic carbocycles. The van der Waals surface area contributed by atoms with Gasteiger partial charge in [-0.25, -0.2) is 14.3 Å². The van der Waals surface area contributed by atoms with Gasteiger partial charge in [-0.05, 0) is 42.5 Å². The summed E-state index contributed by atoms with van der Waals surface area (Å²) in [6.45, 7) is 0. The Morgan fingerprint density at radius 3 is 2.42 bits per heavy atom. The van der Waals surface area contributed by atoms with Crippen molar-refractivity contribution in [3.05, 3.63) is 95.2 Å². The summed E-state index contributed by atoms with van der Waals surface area (Å²) in [7, 11) is 1.29. The summed E-state index contributed by atoms with van der Waals surface area (Å²) < 4.78 is 13.5. The summed E-state index contributed by atoms with van der Waals surface area (Å²) in [5, 5.41) is 4.57. The van der Waals surface area contributed by atoms with Crippen LogP contribution in [0.15, 0.2) is 84.0 Å². The smallest absolute Gasteiger partial charge is 0.343 e. The number of pyridine rings is 1. The van der Waals surface area contributed by atoms with Gasteiger partial charge in [0.1, 0.15) is 17.1 Å². The maximum Gasteiger partial charge on any atom is 0.343 e. The molecule has 31 heavy (non-hydrogen) atoms. The molecule has 0 radical (unpaired) electrons. The van der Waals surface area contributed by atoms with Crippen LogP contribution in [0.4, 0.5) is 0 Å². The fraction of sp³-hybridized carbons (Fsp3) is 0.0435. The van der Waals surface area contributed by atoms with E-state index in [1.54, 1.807) is 36.5 Å². The molecule has 0 amide bonds. The number of methoxy groups -OCH3 is 1. The molecule has 5 rings (SSSR count). The molecule has 8 nitrogen and oxygen atoms in total. The van der Waals surface area contributed by atoms with Crippen molar-refractivity contribution in [3.63, 3.8) is 0 Å². The summed E-state index contributed by atoms with van der Waals surface area (Å²) in [5.74, 6) is 0.866. The molecule has 3 heterocycles. The van der Waals surface area contributed by atoms with E-state index in [1.165, 1.54) is 28.6 Å². The van der Waals surface area contributed by atoms with Gasteiger partial charge in [0, 0.05) is 18.1 Å². The summed E-state index contributed by atoms with van der Waals surface area (Å²) in [6, 6.07) is 18.4. The quantitative estimate of drug-likeness (QED) is 0.419. The number of hydrogen-bond donors (Lipinski definition) is 0. The summed E-state index contributed by atoms with van der Waals surface area (Å²) in [4.78, 5) is 29.2. The molecule has 0 fully saturated rings. The van der Waals surface area contributed by atoms with Crippen LogP contribution in [0, 0.1) is 0 Å². The Kier molecular flexibility index (Phi) is 4.44. The van der Waals surface area contributed by atoms with Crippen molar-refractivity contribution in [1.29, 1.82) is 0 Å². The van der Waals surface area contributed by atoms with Gasteiger partial charge in [-0.3, -0.25) is 9.36 Å². The molecule has 152 valence electrons. The van der Waals surface area contributed by atoms with E-state index in [0.29, 0.717) is 28.0 Å². The van der Waals surface area contributed by atoms with E-state index in [4.69, 9.17) is 9.47 Å². The van der Waals surface area contributed by atoms with Crippen LogP contribution in [0.5, 0.6) is 11.5 Å². The zero-order valence-corrected chi connectivity index (χ0v) is 16.4. The molecule has 0 bridgehead atoms. The largest absolute Gasteiger partial charge is 0.465 e. The highest BCUT2D eigenvalue weighted by atomic mass is 16.5. The molecule has 2 aromatic carbocycles. The van der Waals surface area contributed by atoms with Gasteiger partial charge in [-0.1, -0.05) is 18.2 Å². The molecular formula is C23H16N4O4. The second-order valence-electron chi connectivity index (χ2n) is 6.74. The molecular weight excluding hydrogens is 396 g/mol. The number of fused-ring (bicyclic) bond motifs is 3. The van der Waals surface area contributed by atoms with Crippen LogP contribution >= 0.6 is 0 Å². The maximum absolute atomic E-state index is 13.1. The number of para-hydroxylation sites is 1. The topological polar surface area (TPSA) is 87.7 Å². The molecule has 0 unspecified atom stereocenters. The molecule has 0 saturated heterocycles. The first-order valence-corrected chi connectivity index (χ1v) is 9.45. The SMILES string of the molecule is COC(=O)c1cnn2c1ncc1c(=O)n(-c3ccc(Oc4ccccc4)cc3)ccc12. The Morgan fingerprint density at radius 2 is 1.68 bits per heavy atom. The molecule has 0 saturated carbocycles. The van der Waals surface area contributed by atoms with Gasteiger partial charge in [-0.2, -0.15) is 5.10 Å². The van der Waals surface area contributed by atoms with Crippen molar-refractivity contribution in [2.24, 2.45) is 0 Å². The van der Waals surface area contributed by atoms with Crippen LogP contribution in [-0.4, -0.2) is 32.2 Å². The first kappa shape index (κ1) is 18.6. The van der Waals surface area contributed by atoms with Gasteiger partial charge >= 0.3 is 5.97 Å². The highest BCUT2D eigenvalue weighted by Crippen LogP contribution is 2.22. The first-order chi connectivity index (χ1) is 15.2. The lowest BCUT2D eigenvalue weighted by Gasteiger charge is -2.10. The predicted molar refractivity (Wildman–Crippen MR) is 114 cm³/mol. The number of nitrogens with zero attached hydrogens (tertiary/aromatic N) is 4. The van der Waals surface area contributed by atoms with Crippen LogP contribution < -0.4 is 10.3 Å². The van der Waals surface area contributed by atoms with E-state index in [2.05, 4.69) is 10.1 Å². The van der Waals surface area contributed by atoms with Crippen LogP contribution in [0.25, 0.3) is 22.2 Å². The third-order valence-electron chi connectivity index (χ3n) is 4.89. The zero-order chi connectivity index (χ0) is 21.4. The molecule has 5 aromatic rings. The highest BCUT2D eigenvalue weighted by molar-refractivity contribution is 5.96. The van der Waals surface area contributed by atoms with Crippen molar-refractivity contribution in [2.75, 3.05) is 7.11 Å². The Labute approximate surface area is 175 Å². The lowest BCUT2D eigenvalue weighted by molar-refractivity contribution is 0.0602. The predicted octanol–water partition coefficient (Wildman–Crippen LogP) is 3.61. The van der Waals surface area contributed by atoms with E-state index in [9.17, 15) is 9.59 Å². The van der Waals surface area contributed by atoms with E-state index >= 15 is 0 Å². The molecule has 0 aliphatic rings. The van der Waals surface area contributed by atoms with Gasteiger partial charge in [0.05, 0.1) is 24.2 Å². The molecule has 0 aliphatic heterocycles. The lowest BCUT2D eigenvalue weighted by atomic mass is 10.2. The molecule has 0 N–H and O–H groups in total. The van der Waals surface area contributed by atoms with Crippen molar-refractivity contribution >= 4 is 22.5 Å². The Balaban J connectivity index is 1.53. The van der Waals surface area contributed by atoms with Crippen LogP contribution in [-0.2, 0) is 4.74 Å². The second kappa shape index (κ2) is 7.42. The van der Waals surface area contributed by atoms with Crippen LogP contribution in [0.1, 0.15) is 10.4 Å². The minimum atomic E-state index is -0.534. The van der Waals surface area contributed by atoms with Crippen LogP contribution in [0.3, 0.4) is 0 Å². The van der Waals surface area contributed by atoms with E-state index in [0.717, 1.165) is 5.75 Å². The number of ether oxygens (including phenoxy) is 2. The van der Waals surface area contributed by atoms with E-state index < -0.39 is 5.97 Å². The van der Waals surface area contributed by atoms with Crippen molar-refractivity contribution in [3.8, 4) is 17.2 Å². The minimum absolute atomic E-state index is 0.239. The van der Waals surface area contributed by atoms with E-state index in [-0.39, 0.29) is 11.1 Å². The van der Waals surface area contributed by atoms with Crippen molar-refractivity contribution in [2.45, 2.75) is 0 Å². The summed E-state index contributed by atoms with van der Waals surface area (Å²) in [6.07, 6.45) is 4.49. The van der Waals surface area contributed by atoms with Gasteiger partial charge in [0.15, 0.2) is 5.65 Å². The highest BCUT2D eigenvalue weighted by Gasteiger charge is 2.17. The summed E-state index contributed by atoms with van der Waals surface area (Å²) >= 11 is 0. The summed E-state index contributed by atoms with van der Waals surface area (Å²) in [5.41, 5.74) is 1.55. The number of rotatable bonds is 4. The van der Waals surface area contributed by atoms with Gasteiger partial charge in [0.2, 0.25) is 0 Å². The van der Waals surface area contributed by atoms with Gasteiger partial charge in [-0.15, -0.1) is 0 Å². The Bertz CT molecular complexity index is 1470. The third-order valence-corrected chi connectivity index (χ3v) is 4.89. The monoisotopic (exact) mass is 412 g/mol. The van der Waals surface area contributed by atoms with Crippen molar-refractivity contribution < 1.29 is 14.3 Å². The number of benzene rings is 2. The van der Waals surface area contributed by atoms with Crippen molar-refractivity contribution in [1.82, 2.24) is 19.2 Å². The first-order valence-electron chi connectivity index (χ1n) is 9.45. The minimum Gasteiger partial charge on any atom is -0.465 e. The normalized spacial score (nSPS) is 11.0. The maximum atomic E-state index is 13.1. The number of esters is 1. The molecule has 8 heteroatoms. The Morgan fingerprint density at radius 1 is 0.935 bits per heavy atom. The standard InChI is InChI=1S/C23H16N4O4/c1-30-23(29)19-14-25-27-20-11-12-26(22(28)18(20)13-24-21(19)27)15-7-9-17(10-8-15)31-16-5-3-2-4-6-16/h2-14H,1H3. The average molecular weight is 412 g/mol. The van der Waals surface area contributed by atoms with E-state index in [1.807, 2.05) is 30.3 Å². The zero-order valence-electron chi connectivity index (χ0n) is 16.4. The number of hydrogen-bond acceptors (Lipinski definition) is 6. The molecule has 0 spiro atoms. The number of carbonyl (C=O) groups is 1. The lowest BCUT2D eigenvalue weighted by Crippen LogP contribution is -2.18. The fourth-order valence-corrected chi connectivity index (χ4v) is 3.37. The number of carbonyl (C=O) groups excluding carboxylic acids is 1. The number of aromatic nitrogens is 4. The average Bonchev–Trinajstić information content (AvgIpc) is 3.25. The molecule has 0 atom stereocenters. The Hall–Kier alpha value is -4.46. The third kappa shape index (κ3) is 3.20. The van der Waals surface area contributed by atoms with Gasteiger partial charge < -0.3 is 9.47 Å².